The van der Waals surface area contributed by atoms with Crippen LogP contribution in [0.3, 0.4) is 0 Å². The van der Waals surface area contributed by atoms with E-state index in [9.17, 15) is 4.79 Å². The lowest BCUT2D eigenvalue weighted by Crippen LogP contribution is -2.57. The van der Waals surface area contributed by atoms with E-state index in [-0.39, 0.29) is 17.1 Å². The van der Waals surface area contributed by atoms with Gasteiger partial charge in [-0.25, -0.2) is 9.97 Å². The number of nitrogens with zero attached hydrogens (tertiary/aromatic N) is 5. The highest BCUT2D eigenvalue weighted by Gasteiger charge is 2.37. The molecule has 0 unspecified atom stereocenters. The molecule has 4 aromatic heterocycles. The molecule has 0 bridgehead atoms. The van der Waals surface area contributed by atoms with Gasteiger partial charge in [0.15, 0.2) is 5.82 Å². The summed E-state index contributed by atoms with van der Waals surface area (Å²) in [5.41, 5.74) is 2.10. The van der Waals surface area contributed by atoms with Crippen molar-refractivity contribution in [2.75, 3.05) is 18.0 Å². The number of aromatic nitrogens is 4. The summed E-state index contributed by atoms with van der Waals surface area (Å²) >= 11 is 7.65. The monoisotopic (exact) mass is 426 g/mol. The van der Waals surface area contributed by atoms with Crippen molar-refractivity contribution >= 4 is 50.5 Å². The minimum absolute atomic E-state index is 0.0275. The summed E-state index contributed by atoms with van der Waals surface area (Å²) in [4.78, 5) is 28.0. The predicted octanol–water partition coefficient (Wildman–Crippen LogP) is 3.48. The SMILES string of the molecule is CC(C)(NC(=O)C1CN(c2nc(Cl)nc3ccsc23)C1)c1cnc2ccccn12. The Balaban J connectivity index is 1.31. The number of rotatable bonds is 4. The number of hydrogen-bond donors (Lipinski definition) is 1. The molecule has 1 saturated heterocycles. The van der Waals surface area contributed by atoms with E-state index in [0.717, 1.165) is 27.4 Å². The maximum atomic E-state index is 12.9. The molecule has 0 radical (unpaired) electrons. The quantitative estimate of drug-likeness (QED) is 0.505. The summed E-state index contributed by atoms with van der Waals surface area (Å²) in [6, 6.07) is 7.78. The number of halogens is 1. The van der Waals surface area contributed by atoms with Gasteiger partial charge in [-0.1, -0.05) is 6.07 Å². The standard InChI is InChI=1S/C20H19ClN6OS/c1-20(2,14-9-22-15-5-3-4-7-27(14)15)25-18(28)12-10-26(11-12)17-16-13(6-8-29-16)23-19(21)24-17/h3-9,12H,10-11H2,1-2H3,(H,25,28). The zero-order valence-corrected chi connectivity index (χ0v) is 17.5. The predicted molar refractivity (Wildman–Crippen MR) is 114 cm³/mol. The summed E-state index contributed by atoms with van der Waals surface area (Å²) in [5.74, 6) is 0.733. The van der Waals surface area contributed by atoms with Crippen LogP contribution >= 0.6 is 22.9 Å². The number of nitrogens with one attached hydrogen (secondary N) is 1. The zero-order chi connectivity index (χ0) is 20.2. The molecule has 1 amide bonds. The molecule has 1 aliphatic rings. The van der Waals surface area contributed by atoms with E-state index in [2.05, 4.69) is 25.2 Å². The van der Waals surface area contributed by atoms with Gasteiger partial charge in [-0.05, 0) is 49.0 Å². The van der Waals surface area contributed by atoms with E-state index in [1.165, 1.54) is 0 Å². The summed E-state index contributed by atoms with van der Waals surface area (Å²) in [6.45, 7) is 5.21. The summed E-state index contributed by atoms with van der Waals surface area (Å²) in [7, 11) is 0. The molecule has 4 aromatic rings. The van der Waals surface area contributed by atoms with Crippen molar-refractivity contribution in [1.82, 2.24) is 24.7 Å². The van der Waals surface area contributed by atoms with Crippen LogP contribution in [0.1, 0.15) is 19.5 Å². The number of thiophene rings is 1. The number of imidazole rings is 1. The van der Waals surface area contributed by atoms with Gasteiger partial charge in [0.25, 0.3) is 0 Å². The van der Waals surface area contributed by atoms with Gasteiger partial charge in [0.1, 0.15) is 5.65 Å². The number of fused-ring (bicyclic) bond motifs is 2. The van der Waals surface area contributed by atoms with Crippen molar-refractivity contribution in [3.05, 3.63) is 53.0 Å². The van der Waals surface area contributed by atoms with E-state index in [0.29, 0.717) is 13.1 Å². The molecule has 1 N–H and O–H groups in total. The molecule has 0 aliphatic carbocycles. The Bertz CT molecular complexity index is 1230. The van der Waals surface area contributed by atoms with Gasteiger partial charge in [0.05, 0.1) is 33.6 Å². The van der Waals surface area contributed by atoms with Crippen molar-refractivity contribution in [1.29, 1.82) is 0 Å². The van der Waals surface area contributed by atoms with E-state index < -0.39 is 5.54 Å². The fourth-order valence-corrected chi connectivity index (χ4v) is 4.74. The molecule has 9 heteroatoms. The van der Waals surface area contributed by atoms with E-state index >= 15 is 0 Å². The molecular weight excluding hydrogens is 408 g/mol. The van der Waals surface area contributed by atoms with Gasteiger partial charge in [0.2, 0.25) is 11.2 Å². The third-order valence-electron chi connectivity index (χ3n) is 5.30. The minimum Gasteiger partial charge on any atom is -0.354 e. The number of hydrogen-bond acceptors (Lipinski definition) is 6. The number of carbonyl (C=O) groups is 1. The van der Waals surface area contributed by atoms with E-state index in [1.54, 1.807) is 11.3 Å². The lowest BCUT2D eigenvalue weighted by atomic mass is 9.95. The second-order valence-corrected chi connectivity index (χ2v) is 8.99. The molecule has 0 aromatic carbocycles. The Labute approximate surface area is 176 Å². The van der Waals surface area contributed by atoms with Crippen molar-refractivity contribution in [3.8, 4) is 0 Å². The van der Waals surface area contributed by atoms with Crippen LogP contribution in [0.5, 0.6) is 0 Å². The normalized spacial score (nSPS) is 15.1. The average molecular weight is 427 g/mol. The molecule has 1 aliphatic heterocycles. The first-order valence-corrected chi connectivity index (χ1v) is 10.6. The Morgan fingerprint density at radius 2 is 2.10 bits per heavy atom. The van der Waals surface area contributed by atoms with Crippen molar-refractivity contribution in [2.45, 2.75) is 19.4 Å². The lowest BCUT2D eigenvalue weighted by Gasteiger charge is -2.40. The number of anilines is 1. The second-order valence-electron chi connectivity index (χ2n) is 7.74. The van der Waals surface area contributed by atoms with Gasteiger partial charge >= 0.3 is 0 Å². The largest absolute Gasteiger partial charge is 0.354 e. The maximum absolute atomic E-state index is 12.9. The maximum Gasteiger partial charge on any atom is 0.227 e. The van der Waals surface area contributed by atoms with Crippen LogP contribution in [0, 0.1) is 5.92 Å². The zero-order valence-electron chi connectivity index (χ0n) is 16.0. The third-order valence-corrected chi connectivity index (χ3v) is 6.37. The van der Waals surface area contributed by atoms with Crippen molar-refractivity contribution in [2.24, 2.45) is 5.92 Å². The first-order chi connectivity index (χ1) is 13.9. The molecular formula is C20H19ClN6OS. The van der Waals surface area contributed by atoms with Crippen LogP contribution in [-0.2, 0) is 10.3 Å². The minimum atomic E-state index is -0.544. The van der Waals surface area contributed by atoms with E-state index in [1.807, 2.05) is 60.3 Å². The van der Waals surface area contributed by atoms with E-state index in [4.69, 9.17) is 11.6 Å². The molecule has 7 nitrogen and oxygen atoms in total. The Hall–Kier alpha value is -2.71. The Kier molecular flexibility index (Phi) is 4.22. The van der Waals surface area contributed by atoms with Crippen LogP contribution in [0.15, 0.2) is 42.0 Å². The molecule has 0 atom stereocenters. The smallest absolute Gasteiger partial charge is 0.227 e. The fraction of sp³-hybridized carbons (Fsp3) is 0.300. The highest BCUT2D eigenvalue weighted by Crippen LogP contribution is 2.34. The first-order valence-electron chi connectivity index (χ1n) is 9.33. The van der Waals surface area contributed by atoms with Gasteiger partial charge in [-0.2, -0.15) is 4.98 Å². The fourth-order valence-electron chi connectivity index (χ4n) is 3.72. The van der Waals surface area contributed by atoms with Crippen LogP contribution in [0.25, 0.3) is 15.9 Å². The molecule has 0 spiro atoms. The Morgan fingerprint density at radius 3 is 2.93 bits per heavy atom. The second kappa shape index (κ2) is 6.67. The summed E-state index contributed by atoms with van der Waals surface area (Å²) in [6.07, 6.45) is 3.78. The Morgan fingerprint density at radius 1 is 1.28 bits per heavy atom. The first kappa shape index (κ1) is 18.3. The van der Waals surface area contributed by atoms with Crippen LogP contribution in [0.2, 0.25) is 5.28 Å². The lowest BCUT2D eigenvalue weighted by molar-refractivity contribution is -0.127. The molecule has 1 fully saturated rings. The van der Waals surface area contributed by atoms with Gasteiger partial charge < -0.3 is 14.6 Å². The van der Waals surface area contributed by atoms with Crippen LogP contribution < -0.4 is 10.2 Å². The van der Waals surface area contributed by atoms with Gasteiger partial charge in [-0.3, -0.25) is 4.79 Å². The highest BCUT2D eigenvalue weighted by molar-refractivity contribution is 7.17. The summed E-state index contributed by atoms with van der Waals surface area (Å²) < 4.78 is 3.00. The topological polar surface area (TPSA) is 75.4 Å². The molecule has 148 valence electrons. The third kappa shape index (κ3) is 3.12. The molecule has 29 heavy (non-hydrogen) atoms. The van der Waals surface area contributed by atoms with Crippen LogP contribution in [0.4, 0.5) is 5.82 Å². The van der Waals surface area contributed by atoms with Gasteiger partial charge in [0, 0.05) is 19.3 Å². The van der Waals surface area contributed by atoms with Gasteiger partial charge in [-0.15, -0.1) is 11.3 Å². The van der Waals surface area contributed by atoms with Crippen molar-refractivity contribution in [3.63, 3.8) is 0 Å². The average Bonchev–Trinajstić information content (AvgIpc) is 3.26. The van der Waals surface area contributed by atoms with Crippen molar-refractivity contribution < 1.29 is 4.79 Å². The highest BCUT2D eigenvalue weighted by atomic mass is 35.5. The molecule has 5 heterocycles. The number of carbonyl (C=O) groups excluding carboxylic acids is 1. The van der Waals surface area contributed by atoms with Crippen LogP contribution in [-0.4, -0.2) is 38.3 Å². The molecule has 5 rings (SSSR count). The number of pyridine rings is 1. The molecule has 0 saturated carbocycles. The summed E-state index contributed by atoms with van der Waals surface area (Å²) in [5, 5.41) is 5.39. The number of amides is 1.